The Morgan fingerprint density at radius 1 is 1.30 bits per heavy atom. The van der Waals surface area contributed by atoms with Gasteiger partial charge in [0.2, 0.25) is 0 Å². The topological polar surface area (TPSA) is 67.8 Å². The van der Waals surface area contributed by atoms with Gasteiger partial charge in [-0.15, -0.1) is 0 Å². The summed E-state index contributed by atoms with van der Waals surface area (Å²) in [5.74, 6) is 0.265. The zero-order valence-corrected chi connectivity index (χ0v) is 16.0. The lowest BCUT2D eigenvalue weighted by molar-refractivity contribution is -0.142. The molecule has 0 radical (unpaired) electrons. The third-order valence-corrected chi connectivity index (χ3v) is 5.06. The number of esters is 1. The molecule has 0 heterocycles. The third kappa shape index (κ3) is 5.45. The number of halogens is 1. The molecule has 0 saturated carbocycles. The Kier molecular flexibility index (Phi) is 6.72. The molecule has 2 unspecified atom stereocenters. The van der Waals surface area contributed by atoms with Crippen LogP contribution in [0.5, 0.6) is 5.75 Å². The van der Waals surface area contributed by atoms with Gasteiger partial charge >= 0.3 is 5.97 Å². The van der Waals surface area contributed by atoms with Crippen molar-refractivity contribution in [2.45, 2.75) is 31.4 Å². The number of rotatable bonds is 7. The average molecular weight is 390 g/mol. The van der Waals surface area contributed by atoms with Gasteiger partial charge in [-0.3, -0.25) is 0 Å². The summed E-state index contributed by atoms with van der Waals surface area (Å²) < 4.78 is 10.1. The summed E-state index contributed by atoms with van der Waals surface area (Å²) in [6, 6.07) is 13.5. The van der Waals surface area contributed by atoms with Gasteiger partial charge in [0.05, 0.1) is 13.2 Å². The Balaban J connectivity index is 1.56. The lowest BCUT2D eigenvalue weighted by atomic mass is 9.88. The van der Waals surface area contributed by atoms with Crippen LogP contribution >= 0.6 is 11.6 Å². The standard InChI is InChI=1S/C21H24ClNO4/c1-26-21(25)13-27-19-8-6-14-5-7-18(10-16(14)11-19)23-12-20(24)15-3-2-4-17(22)9-15/h2-4,6,8-9,11,18,20,23-24H,5,7,10,12-13H2,1H3. The van der Waals surface area contributed by atoms with E-state index in [0.29, 0.717) is 17.3 Å². The van der Waals surface area contributed by atoms with E-state index in [0.717, 1.165) is 24.8 Å². The molecular formula is C21H24ClNO4. The quantitative estimate of drug-likeness (QED) is 0.712. The molecule has 0 amide bonds. The van der Waals surface area contributed by atoms with Gasteiger partial charge in [0.25, 0.3) is 0 Å². The first kappa shape index (κ1) is 19.7. The number of nitrogens with one attached hydrogen (secondary N) is 1. The predicted octanol–water partition coefficient (Wildman–Crippen LogP) is 3.07. The number of carbonyl (C=O) groups excluding carboxylic acids is 1. The Bertz CT molecular complexity index is 796. The molecule has 0 bridgehead atoms. The Hall–Kier alpha value is -2.08. The second-order valence-electron chi connectivity index (χ2n) is 6.71. The van der Waals surface area contributed by atoms with Gasteiger partial charge in [-0.1, -0.05) is 29.8 Å². The van der Waals surface area contributed by atoms with E-state index in [2.05, 4.69) is 16.1 Å². The van der Waals surface area contributed by atoms with E-state index in [-0.39, 0.29) is 12.6 Å². The van der Waals surface area contributed by atoms with Gasteiger partial charge in [-0.25, -0.2) is 4.79 Å². The van der Waals surface area contributed by atoms with Crippen LogP contribution in [0, 0.1) is 0 Å². The van der Waals surface area contributed by atoms with Crippen molar-refractivity contribution in [1.82, 2.24) is 5.32 Å². The first-order valence-corrected chi connectivity index (χ1v) is 9.41. The first-order valence-electron chi connectivity index (χ1n) is 9.03. The summed E-state index contributed by atoms with van der Waals surface area (Å²) in [5, 5.41) is 14.4. The van der Waals surface area contributed by atoms with Crippen molar-refractivity contribution in [1.29, 1.82) is 0 Å². The minimum Gasteiger partial charge on any atom is -0.482 e. The summed E-state index contributed by atoms with van der Waals surface area (Å²) in [4.78, 5) is 11.2. The van der Waals surface area contributed by atoms with E-state index in [1.165, 1.54) is 18.2 Å². The molecule has 0 fully saturated rings. The molecule has 0 aliphatic heterocycles. The molecule has 1 aliphatic carbocycles. The van der Waals surface area contributed by atoms with Crippen LogP contribution in [-0.2, 0) is 22.4 Å². The molecule has 0 spiro atoms. The van der Waals surface area contributed by atoms with E-state index in [4.69, 9.17) is 16.3 Å². The molecule has 6 heteroatoms. The van der Waals surface area contributed by atoms with Crippen molar-refractivity contribution in [2.24, 2.45) is 0 Å². The highest BCUT2D eigenvalue weighted by Gasteiger charge is 2.20. The van der Waals surface area contributed by atoms with Gasteiger partial charge in [0, 0.05) is 17.6 Å². The average Bonchev–Trinajstić information content (AvgIpc) is 2.69. The summed E-state index contributed by atoms with van der Waals surface area (Å²) in [7, 11) is 1.34. The van der Waals surface area contributed by atoms with E-state index < -0.39 is 12.1 Å². The minimum absolute atomic E-state index is 0.0945. The number of carbonyl (C=O) groups is 1. The van der Waals surface area contributed by atoms with Crippen molar-refractivity contribution < 1.29 is 19.4 Å². The highest BCUT2D eigenvalue weighted by Crippen LogP contribution is 2.26. The van der Waals surface area contributed by atoms with E-state index in [1.807, 2.05) is 24.3 Å². The number of aliphatic hydroxyl groups is 1. The molecule has 2 aromatic rings. The van der Waals surface area contributed by atoms with Crippen LogP contribution in [0.3, 0.4) is 0 Å². The van der Waals surface area contributed by atoms with Gasteiger partial charge in [0.15, 0.2) is 6.61 Å². The van der Waals surface area contributed by atoms with Gasteiger partial charge in [0.1, 0.15) is 5.75 Å². The zero-order valence-electron chi connectivity index (χ0n) is 15.3. The fourth-order valence-electron chi connectivity index (χ4n) is 3.31. The maximum absolute atomic E-state index is 11.2. The fourth-order valence-corrected chi connectivity index (χ4v) is 3.51. The number of methoxy groups -OCH3 is 1. The lowest BCUT2D eigenvalue weighted by Crippen LogP contribution is -2.37. The van der Waals surface area contributed by atoms with Crippen LogP contribution in [0.15, 0.2) is 42.5 Å². The molecule has 2 atom stereocenters. The Morgan fingerprint density at radius 2 is 2.15 bits per heavy atom. The summed E-state index contributed by atoms with van der Waals surface area (Å²) in [5.41, 5.74) is 3.32. The van der Waals surface area contributed by atoms with Crippen molar-refractivity contribution >= 4 is 17.6 Å². The fraction of sp³-hybridized carbons (Fsp3) is 0.381. The van der Waals surface area contributed by atoms with Crippen LogP contribution in [0.2, 0.25) is 5.02 Å². The van der Waals surface area contributed by atoms with Gasteiger partial charge in [-0.2, -0.15) is 0 Å². The first-order chi connectivity index (χ1) is 13.0. The number of benzene rings is 2. The lowest BCUT2D eigenvalue weighted by Gasteiger charge is -2.27. The van der Waals surface area contributed by atoms with Crippen molar-refractivity contribution in [2.75, 3.05) is 20.3 Å². The molecule has 0 aromatic heterocycles. The molecule has 1 aliphatic rings. The van der Waals surface area contributed by atoms with E-state index in [9.17, 15) is 9.90 Å². The third-order valence-electron chi connectivity index (χ3n) is 4.82. The maximum Gasteiger partial charge on any atom is 0.343 e. The van der Waals surface area contributed by atoms with Crippen molar-refractivity contribution in [3.8, 4) is 5.75 Å². The van der Waals surface area contributed by atoms with Crippen molar-refractivity contribution in [3.05, 3.63) is 64.2 Å². The Morgan fingerprint density at radius 3 is 2.93 bits per heavy atom. The second-order valence-corrected chi connectivity index (χ2v) is 7.15. The summed E-state index contributed by atoms with van der Waals surface area (Å²) in [6.07, 6.45) is 2.24. The molecular weight excluding hydrogens is 366 g/mol. The predicted molar refractivity (Wildman–Crippen MR) is 104 cm³/mol. The van der Waals surface area contributed by atoms with Crippen LogP contribution in [0.1, 0.15) is 29.2 Å². The van der Waals surface area contributed by atoms with Crippen molar-refractivity contribution in [3.63, 3.8) is 0 Å². The molecule has 3 rings (SSSR count). The SMILES string of the molecule is COC(=O)COc1ccc2c(c1)CC(NCC(O)c1cccc(Cl)c1)CC2. The zero-order chi connectivity index (χ0) is 19.2. The van der Waals surface area contributed by atoms with Gasteiger partial charge in [-0.05, 0) is 60.2 Å². The van der Waals surface area contributed by atoms with Gasteiger partial charge < -0.3 is 19.9 Å². The number of aliphatic hydroxyl groups excluding tert-OH is 1. The summed E-state index contributed by atoms with van der Waals surface area (Å²) in [6.45, 7) is 0.377. The maximum atomic E-state index is 11.2. The van der Waals surface area contributed by atoms with Crippen LogP contribution in [0.4, 0.5) is 0 Å². The molecule has 2 N–H and O–H groups in total. The molecule has 0 saturated heterocycles. The van der Waals surface area contributed by atoms with E-state index in [1.54, 1.807) is 12.1 Å². The largest absolute Gasteiger partial charge is 0.482 e. The summed E-state index contributed by atoms with van der Waals surface area (Å²) >= 11 is 5.99. The smallest absolute Gasteiger partial charge is 0.343 e. The van der Waals surface area contributed by atoms with Crippen LogP contribution in [0.25, 0.3) is 0 Å². The normalized spacial score (nSPS) is 17.1. The number of ether oxygens (including phenoxy) is 2. The molecule has 144 valence electrons. The molecule has 5 nitrogen and oxygen atoms in total. The monoisotopic (exact) mass is 389 g/mol. The van der Waals surface area contributed by atoms with E-state index >= 15 is 0 Å². The minimum atomic E-state index is -0.597. The molecule has 27 heavy (non-hydrogen) atoms. The Labute approximate surface area is 164 Å². The number of hydrogen-bond acceptors (Lipinski definition) is 5. The molecule has 2 aromatic carbocycles. The van der Waals surface area contributed by atoms with Crippen LogP contribution < -0.4 is 10.1 Å². The number of fused-ring (bicyclic) bond motifs is 1. The second kappa shape index (κ2) is 9.22. The number of aryl methyl sites for hydroxylation is 1. The van der Waals surface area contributed by atoms with Crippen LogP contribution in [-0.4, -0.2) is 37.4 Å². The number of hydrogen-bond donors (Lipinski definition) is 2. The highest BCUT2D eigenvalue weighted by atomic mass is 35.5. The highest BCUT2D eigenvalue weighted by molar-refractivity contribution is 6.30.